The highest BCUT2D eigenvalue weighted by molar-refractivity contribution is 5.83. The number of benzene rings is 1. The maximum Gasteiger partial charge on any atom is 0.235 e. The van der Waals surface area contributed by atoms with Crippen LogP contribution >= 0.6 is 0 Å². The number of fused-ring (bicyclic) bond motifs is 2. The Morgan fingerprint density at radius 2 is 1.96 bits per heavy atom. The van der Waals surface area contributed by atoms with Crippen LogP contribution in [0, 0.1) is 23.7 Å². The molecule has 5 nitrogen and oxygen atoms in total. The van der Waals surface area contributed by atoms with E-state index < -0.39 is 0 Å². The summed E-state index contributed by atoms with van der Waals surface area (Å²) in [6.45, 7) is 1.66. The van der Waals surface area contributed by atoms with E-state index >= 15 is 0 Å². The van der Waals surface area contributed by atoms with Gasteiger partial charge in [0.15, 0.2) is 5.82 Å². The van der Waals surface area contributed by atoms with Crippen LogP contribution < -0.4 is 0 Å². The van der Waals surface area contributed by atoms with E-state index in [1.165, 1.54) is 31.2 Å². The Kier molecular flexibility index (Phi) is 3.69. The van der Waals surface area contributed by atoms with Gasteiger partial charge in [-0.3, -0.25) is 4.79 Å². The summed E-state index contributed by atoms with van der Waals surface area (Å²) in [4.78, 5) is 20.1. The summed E-state index contributed by atoms with van der Waals surface area (Å²) < 4.78 is 5.81. The molecule has 3 aliphatic carbocycles. The molecule has 4 atom stereocenters. The molecule has 1 amide bonds. The fourth-order valence-electron chi connectivity index (χ4n) is 6.51. The number of amides is 1. The number of likely N-dealkylation sites (tertiary alicyclic amines) is 1. The number of aromatic nitrogens is 2. The molecule has 146 valence electrons. The molecule has 1 aliphatic heterocycles. The second-order valence-electron chi connectivity index (χ2n) is 9.43. The van der Waals surface area contributed by atoms with Crippen molar-refractivity contribution in [1.82, 2.24) is 15.0 Å². The number of carbonyl (C=O) groups is 1. The number of carbonyl (C=O) groups excluding carboxylic acids is 1. The molecule has 4 fully saturated rings. The normalized spacial score (nSPS) is 35.8. The standard InChI is InChI=1S/C23H27N3O2/c27-21(20-17-9-4-10-18(17)20)26-13-16-8-5-11-23(16,14-26)22-24-19(25-28-22)12-15-6-2-1-3-7-15/h1-3,6-7,16-18,20H,4-5,8-14H2/t16-,17-,18-,23-/m1/s1. The van der Waals surface area contributed by atoms with Gasteiger partial charge in [-0.05, 0) is 49.0 Å². The van der Waals surface area contributed by atoms with E-state index in [0.29, 0.717) is 36.0 Å². The highest BCUT2D eigenvalue weighted by atomic mass is 16.5. The van der Waals surface area contributed by atoms with Gasteiger partial charge in [0.1, 0.15) is 0 Å². The Balaban J connectivity index is 1.22. The second kappa shape index (κ2) is 6.16. The third-order valence-corrected chi connectivity index (χ3v) is 7.97. The Hall–Kier alpha value is -2.17. The van der Waals surface area contributed by atoms with Gasteiger partial charge in [0.05, 0.1) is 5.41 Å². The molecule has 0 N–H and O–H groups in total. The van der Waals surface area contributed by atoms with Crippen LogP contribution in [0.1, 0.15) is 55.8 Å². The second-order valence-corrected chi connectivity index (χ2v) is 9.43. The minimum Gasteiger partial charge on any atom is -0.341 e. The number of hydrogen-bond acceptors (Lipinski definition) is 4. The van der Waals surface area contributed by atoms with Crippen LogP contribution in [0.3, 0.4) is 0 Å². The van der Waals surface area contributed by atoms with Crippen molar-refractivity contribution in [2.45, 2.75) is 50.4 Å². The molecule has 4 aliphatic rings. The van der Waals surface area contributed by atoms with Gasteiger partial charge in [0.25, 0.3) is 0 Å². The van der Waals surface area contributed by atoms with Gasteiger partial charge in [-0.25, -0.2) is 0 Å². The summed E-state index contributed by atoms with van der Waals surface area (Å²) >= 11 is 0. The van der Waals surface area contributed by atoms with Gasteiger partial charge in [-0.1, -0.05) is 48.3 Å². The van der Waals surface area contributed by atoms with Gasteiger partial charge in [-0.15, -0.1) is 0 Å². The lowest BCUT2D eigenvalue weighted by Crippen LogP contribution is -2.36. The lowest BCUT2D eigenvalue weighted by molar-refractivity contribution is -0.132. The third-order valence-electron chi connectivity index (χ3n) is 7.97. The minimum absolute atomic E-state index is 0.110. The van der Waals surface area contributed by atoms with E-state index in [-0.39, 0.29) is 5.41 Å². The van der Waals surface area contributed by atoms with Crippen LogP contribution in [0.5, 0.6) is 0 Å². The summed E-state index contributed by atoms with van der Waals surface area (Å²) in [7, 11) is 0. The third kappa shape index (κ3) is 2.48. The predicted molar refractivity (Wildman–Crippen MR) is 103 cm³/mol. The number of nitrogens with zero attached hydrogens (tertiary/aromatic N) is 3. The zero-order valence-corrected chi connectivity index (χ0v) is 16.2. The van der Waals surface area contributed by atoms with E-state index in [1.807, 2.05) is 18.2 Å². The van der Waals surface area contributed by atoms with Crippen molar-refractivity contribution >= 4 is 5.91 Å². The molecule has 2 aromatic rings. The van der Waals surface area contributed by atoms with E-state index in [0.717, 1.165) is 37.6 Å². The van der Waals surface area contributed by atoms with Crippen molar-refractivity contribution in [3.8, 4) is 0 Å². The van der Waals surface area contributed by atoms with Crippen LogP contribution in [0.25, 0.3) is 0 Å². The molecule has 1 aromatic heterocycles. The minimum atomic E-state index is -0.110. The monoisotopic (exact) mass is 377 g/mol. The zero-order valence-electron chi connectivity index (χ0n) is 16.2. The van der Waals surface area contributed by atoms with Gasteiger partial charge >= 0.3 is 0 Å². The largest absolute Gasteiger partial charge is 0.341 e. The lowest BCUT2D eigenvalue weighted by atomic mass is 9.80. The SMILES string of the molecule is O=C(C1[C@@H]2CCC[C@@H]12)N1C[C@H]2CCC[C@@]2(c2nc(Cc3ccccc3)no2)C1. The summed E-state index contributed by atoms with van der Waals surface area (Å²) in [6.07, 6.45) is 7.95. The van der Waals surface area contributed by atoms with Crippen molar-refractivity contribution < 1.29 is 9.32 Å². The Bertz CT molecular complexity index is 884. The topological polar surface area (TPSA) is 59.2 Å². The Morgan fingerprint density at radius 3 is 2.79 bits per heavy atom. The molecular formula is C23H27N3O2. The van der Waals surface area contributed by atoms with Crippen LogP contribution in [0.4, 0.5) is 0 Å². The van der Waals surface area contributed by atoms with Crippen molar-refractivity contribution in [3.05, 3.63) is 47.6 Å². The molecule has 0 unspecified atom stereocenters. The van der Waals surface area contributed by atoms with Crippen LogP contribution in [-0.4, -0.2) is 34.0 Å². The number of rotatable bonds is 4. The summed E-state index contributed by atoms with van der Waals surface area (Å²) in [5.41, 5.74) is 1.08. The maximum atomic E-state index is 13.1. The molecule has 5 heteroatoms. The summed E-state index contributed by atoms with van der Waals surface area (Å²) in [6, 6.07) is 10.3. The van der Waals surface area contributed by atoms with Crippen molar-refractivity contribution in [3.63, 3.8) is 0 Å². The lowest BCUT2D eigenvalue weighted by Gasteiger charge is -2.24. The first-order chi connectivity index (χ1) is 13.7. The van der Waals surface area contributed by atoms with Gasteiger partial charge in [-0.2, -0.15) is 4.98 Å². The van der Waals surface area contributed by atoms with E-state index in [1.54, 1.807) is 0 Å². The molecule has 0 spiro atoms. The molecule has 0 bridgehead atoms. The molecule has 1 aromatic carbocycles. The molecule has 3 saturated carbocycles. The fourth-order valence-corrected chi connectivity index (χ4v) is 6.51. The first kappa shape index (κ1) is 16.8. The first-order valence-corrected chi connectivity index (χ1v) is 10.9. The van der Waals surface area contributed by atoms with Gasteiger partial charge in [0, 0.05) is 25.4 Å². The molecule has 28 heavy (non-hydrogen) atoms. The fraction of sp³-hybridized carbons (Fsp3) is 0.609. The highest BCUT2D eigenvalue weighted by Crippen LogP contribution is 2.59. The average Bonchev–Trinajstić information content (AvgIpc) is 3.24. The number of hydrogen-bond donors (Lipinski definition) is 0. The highest BCUT2D eigenvalue weighted by Gasteiger charge is 2.61. The molecule has 0 radical (unpaired) electrons. The Labute approximate surface area is 165 Å². The van der Waals surface area contributed by atoms with E-state index in [2.05, 4.69) is 22.2 Å². The van der Waals surface area contributed by atoms with Gasteiger partial charge in [0.2, 0.25) is 11.8 Å². The summed E-state index contributed by atoms with van der Waals surface area (Å²) in [5.74, 6) is 4.10. The maximum absolute atomic E-state index is 13.1. The van der Waals surface area contributed by atoms with Crippen LogP contribution in [0.2, 0.25) is 0 Å². The van der Waals surface area contributed by atoms with Gasteiger partial charge < -0.3 is 9.42 Å². The van der Waals surface area contributed by atoms with Crippen LogP contribution in [0.15, 0.2) is 34.9 Å². The zero-order chi connectivity index (χ0) is 18.7. The quantitative estimate of drug-likeness (QED) is 0.817. The van der Waals surface area contributed by atoms with Crippen molar-refractivity contribution in [2.24, 2.45) is 23.7 Å². The first-order valence-electron chi connectivity index (χ1n) is 10.9. The van der Waals surface area contributed by atoms with Crippen molar-refractivity contribution in [2.75, 3.05) is 13.1 Å². The molecule has 6 rings (SSSR count). The van der Waals surface area contributed by atoms with Crippen molar-refractivity contribution in [1.29, 1.82) is 0 Å². The smallest absolute Gasteiger partial charge is 0.235 e. The Morgan fingerprint density at radius 1 is 1.14 bits per heavy atom. The molecular weight excluding hydrogens is 350 g/mol. The van der Waals surface area contributed by atoms with E-state index in [4.69, 9.17) is 9.51 Å². The molecule has 1 saturated heterocycles. The summed E-state index contributed by atoms with van der Waals surface area (Å²) in [5, 5.41) is 4.29. The average molecular weight is 377 g/mol. The van der Waals surface area contributed by atoms with E-state index in [9.17, 15) is 4.79 Å². The molecule has 2 heterocycles. The van der Waals surface area contributed by atoms with Crippen LogP contribution in [-0.2, 0) is 16.6 Å². The predicted octanol–water partition coefficient (Wildman–Crippen LogP) is 3.59.